The van der Waals surface area contributed by atoms with Crippen molar-refractivity contribution >= 4 is 21.4 Å². The topological polar surface area (TPSA) is 75.4 Å². The molecule has 1 rings (SSSR count). The smallest absolute Gasteiger partial charge is 0.242 e. The first-order valence-corrected chi connectivity index (χ1v) is 7.89. The Morgan fingerprint density at radius 3 is 2.53 bits per heavy atom. The van der Waals surface area contributed by atoms with Crippen LogP contribution in [0.4, 0.5) is 11.4 Å². The van der Waals surface area contributed by atoms with Crippen molar-refractivity contribution in [3.05, 3.63) is 18.2 Å². The van der Waals surface area contributed by atoms with Crippen LogP contribution in [0.5, 0.6) is 0 Å². The molecule has 0 radical (unpaired) electrons. The average Bonchev–Trinajstić information content (AvgIpc) is 2.36. The van der Waals surface area contributed by atoms with Crippen molar-refractivity contribution < 1.29 is 8.42 Å². The highest BCUT2D eigenvalue weighted by Gasteiger charge is 2.18. The van der Waals surface area contributed by atoms with Crippen molar-refractivity contribution in [1.82, 2.24) is 4.31 Å². The van der Waals surface area contributed by atoms with Gasteiger partial charge in [-0.2, -0.15) is 0 Å². The molecule has 108 valence electrons. The SMILES string of the molecule is CCCCCNc1cc(S(=O)(=O)N(C)C)ccc1N. The van der Waals surface area contributed by atoms with E-state index in [1.165, 1.54) is 24.5 Å². The lowest BCUT2D eigenvalue weighted by molar-refractivity contribution is 0.521. The summed E-state index contributed by atoms with van der Waals surface area (Å²) in [6.07, 6.45) is 3.33. The highest BCUT2D eigenvalue weighted by atomic mass is 32.2. The molecule has 1 aromatic rings. The highest BCUT2D eigenvalue weighted by Crippen LogP contribution is 2.24. The molecule has 0 aliphatic heterocycles. The number of benzene rings is 1. The van der Waals surface area contributed by atoms with Crippen molar-refractivity contribution in [3.8, 4) is 0 Å². The number of nitrogens with zero attached hydrogens (tertiary/aromatic N) is 1. The van der Waals surface area contributed by atoms with E-state index in [0.29, 0.717) is 11.4 Å². The Hall–Kier alpha value is -1.27. The van der Waals surface area contributed by atoms with E-state index in [9.17, 15) is 8.42 Å². The molecule has 0 aromatic heterocycles. The predicted molar refractivity (Wildman–Crippen MR) is 79.7 cm³/mol. The fraction of sp³-hybridized carbons (Fsp3) is 0.538. The van der Waals surface area contributed by atoms with Crippen LogP contribution in [0.3, 0.4) is 0 Å². The molecule has 6 heteroatoms. The van der Waals surface area contributed by atoms with Crippen molar-refractivity contribution in [1.29, 1.82) is 0 Å². The number of nitrogens with one attached hydrogen (secondary N) is 1. The van der Waals surface area contributed by atoms with Gasteiger partial charge in [-0.15, -0.1) is 0 Å². The lowest BCUT2D eigenvalue weighted by Gasteiger charge is -2.14. The first-order valence-electron chi connectivity index (χ1n) is 6.45. The Morgan fingerprint density at radius 2 is 1.95 bits per heavy atom. The summed E-state index contributed by atoms with van der Waals surface area (Å²) >= 11 is 0. The zero-order valence-corrected chi connectivity index (χ0v) is 12.6. The van der Waals surface area contributed by atoms with E-state index in [2.05, 4.69) is 12.2 Å². The number of unbranched alkanes of at least 4 members (excludes halogenated alkanes) is 2. The summed E-state index contributed by atoms with van der Waals surface area (Å²) in [7, 11) is -0.386. The third-order valence-electron chi connectivity index (χ3n) is 2.90. The summed E-state index contributed by atoms with van der Waals surface area (Å²) < 4.78 is 25.3. The van der Waals surface area contributed by atoms with Crippen LogP contribution in [0.15, 0.2) is 23.1 Å². The van der Waals surface area contributed by atoms with Gasteiger partial charge in [0.2, 0.25) is 10.0 Å². The molecule has 0 amide bonds. The van der Waals surface area contributed by atoms with E-state index in [1.807, 2.05) is 0 Å². The quantitative estimate of drug-likeness (QED) is 0.594. The minimum Gasteiger partial charge on any atom is -0.397 e. The van der Waals surface area contributed by atoms with Gasteiger partial charge in [-0.1, -0.05) is 19.8 Å². The van der Waals surface area contributed by atoms with E-state index < -0.39 is 10.0 Å². The molecule has 1 aromatic carbocycles. The van der Waals surface area contributed by atoms with Crippen LogP contribution in [0.2, 0.25) is 0 Å². The van der Waals surface area contributed by atoms with Crippen molar-refractivity contribution in [2.75, 3.05) is 31.7 Å². The predicted octanol–water partition coefficient (Wildman–Crippen LogP) is 2.12. The second kappa shape index (κ2) is 6.77. The highest BCUT2D eigenvalue weighted by molar-refractivity contribution is 7.89. The molecular formula is C13H23N3O2S. The fourth-order valence-corrected chi connectivity index (χ4v) is 2.59. The van der Waals surface area contributed by atoms with E-state index in [0.717, 1.165) is 25.8 Å². The zero-order chi connectivity index (χ0) is 14.5. The maximum atomic E-state index is 12.0. The summed E-state index contributed by atoms with van der Waals surface area (Å²) in [4.78, 5) is 0.254. The Balaban J connectivity index is 2.89. The summed E-state index contributed by atoms with van der Waals surface area (Å²) in [6, 6.07) is 4.75. The molecule has 0 fully saturated rings. The van der Waals surface area contributed by atoms with Gasteiger partial charge in [0, 0.05) is 20.6 Å². The van der Waals surface area contributed by atoms with Crippen LogP contribution in [-0.4, -0.2) is 33.4 Å². The Morgan fingerprint density at radius 1 is 1.26 bits per heavy atom. The molecule has 0 heterocycles. The lowest BCUT2D eigenvalue weighted by Crippen LogP contribution is -2.22. The first kappa shape index (κ1) is 15.8. The third-order valence-corrected chi connectivity index (χ3v) is 4.71. The molecule has 3 N–H and O–H groups in total. The molecule has 0 atom stereocenters. The normalized spacial score (nSPS) is 11.8. The third kappa shape index (κ3) is 4.11. The minimum absolute atomic E-state index is 0.254. The van der Waals surface area contributed by atoms with Gasteiger partial charge < -0.3 is 11.1 Å². The number of rotatable bonds is 7. The fourth-order valence-electron chi connectivity index (χ4n) is 1.66. The summed E-state index contributed by atoms with van der Waals surface area (Å²) in [5, 5.41) is 3.19. The van der Waals surface area contributed by atoms with Gasteiger partial charge in [0.25, 0.3) is 0 Å². The molecule has 0 aliphatic rings. The molecule has 0 bridgehead atoms. The first-order chi connectivity index (χ1) is 8.89. The average molecular weight is 285 g/mol. The number of hydrogen-bond acceptors (Lipinski definition) is 4. The number of nitrogen functional groups attached to an aromatic ring is 1. The molecule has 0 aliphatic carbocycles. The second-order valence-corrected chi connectivity index (χ2v) is 6.82. The van der Waals surface area contributed by atoms with E-state index in [1.54, 1.807) is 12.1 Å². The van der Waals surface area contributed by atoms with Crippen molar-refractivity contribution in [3.63, 3.8) is 0 Å². The Labute approximate surface area is 115 Å². The van der Waals surface area contributed by atoms with Gasteiger partial charge in [0.15, 0.2) is 0 Å². The summed E-state index contributed by atoms with van der Waals surface area (Å²) in [6.45, 7) is 2.93. The number of anilines is 2. The molecule has 19 heavy (non-hydrogen) atoms. The van der Waals surface area contributed by atoms with Crippen LogP contribution >= 0.6 is 0 Å². The monoisotopic (exact) mass is 285 g/mol. The molecule has 0 saturated carbocycles. The van der Waals surface area contributed by atoms with Gasteiger partial charge in [-0.3, -0.25) is 0 Å². The Bertz CT molecular complexity index is 513. The van der Waals surface area contributed by atoms with Crippen LogP contribution in [0, 0.1) is 0 Å². The summed E-state index contributed by atoms with van der Waals surface area (Å²) in [5.74, 6) is 0. The molecule has 0 saturated heterocycles. The van der Waals surface area contributed by atoms with Gasteiger partial charge in [-0.25, -0.2) is 12.7 Å². The largest absolute Gasteiger partial charge is 0.397 e. The molecule has 5 nitrogen and oxygen atoms in total. The van der Waals surface area contributed by atoms with Gasteiger partial charge in [0.1, 0.15) is 0 Å². The van der Waals surface area contributed by atoms with Gasteiger partial charge in [0.05, 0.1) is 16.3 Å². The van der Waals surface area contributed by atoms with Crippen LogP contribution in [0.25, 0.3) is 0 Å². The lowest BCUT2D eigenvalue weighted by atomic mass is 10.2. The minimum atomic E-state index is -3.41. The Kier molecular flexibility index (Phi) is 5.62. The molecule has 0 spiro atoms. The van der Waals surface area contributed by atoms with E-state index in [4.69, 9.17) is 5.73 Å². The van der Waals surface area contributed by atoms with Crippen molar-refractivity contribution in [2.45, 2.75) is 31.1 Å². The maximum Gasteiger partial charge on any atom is 0.242 e. The molecular weight excluding hydrogens is 262 g/mol. The van der Waals surface area contributed by atoms with Crippen molar-refractivity contribution in [2.24, 2.45) is 0 Å². The number of nitrogens with two attached hydrogens (primary N) is 1. The second-order valence-electron chi connectivity index (χ2n) is 4.67. The van der Waals surface area contributed by atoms with Gasteiger partial charge in [-0.05, 0) is 24.6 Å². The number of sulfonamides is 1. The van der Waals surface area contributed by atoms with Crippen LogP contribution in [-0.2, 0) is 10.0 Å². The van der Waals surface area contributed by atoms with E-state index in [-0.39, 0.29) is 4.90 Å². The van der Waals surface area contributed by atoms with E-state index >= 15 is 0 Å². The molecule has 0 unspecified atom stereocenters. The number of hydrogen-bond donors (Lipinski definition) is 2. The zero-order valence-electron chi connectivity index (χ0n) is 11.8. The summed E-state index contributed by atoms with van der Waals surface area (Å²) in [5.41, 5.74) is 7.10. The van der Waals surface area contributed by atoms with Crippen LogP contribution in [0.1, 0.15) is 26.2 Å². The van der Waals surface area contributed by atoms with Crippen LogP contribution < -0.4 is 11.1 Å². The van der Waals surface area contributed by atoms with Gasteiger partial charge >= 0.3 is 0 Å². The standard InChI is InChI=1S/C13H23N3O2S/c1-4-5-6-9-15-13-10-11(7-8-12(13)14)19(17,18)16(2)3/h7-8,10,15H,4-6,9,14H2,1-3H3. The maximum absolute atomic E-state index is 12.0.